The van der Waals surface area contributed by atoms with Crippen LogP contribution >= 0.6 is 0 Å². The average Bonchev–Trinajstić information content (AvgIpc) is 3.23. The summed E-state index contributed by atoms with van der Waals surface area (Å²) in [4.78, 5) is 4.56. The van der Waals surface area contributed by atoms with Crippen molar-refractivity contribution in [1.82, 2.24) is 14.8 Å². The van der Waals surface area contributed by atoms with Crippen molar-refractivity contribution in [1.29, 1.82) is 0 Å². The van der Waals surface area contributed by atoms with Crippen molar-refractivity contribution in [3.05, 3.63) is 66.0 Å². The Morgan fingerprint density at radius 1 is 1.15 bits per heavy atom. The molecule has 2 N–H and O–H groups in total. The van der Waals surface area contributed by atoms with Gasteiger partial charge in [-0.15, -0.1) is 0 Å². The maximum atomic E-state index is 5.86. The van der Waals surface area contributed by atoms with E-state index in [4.69, 9.17) is 15.2 Å². The van der Waals surface area contributed by atoms with E-state index in [1.165, 1.54) is 0 Å². The van der Waals surface area contributed by atoms with Gasteiger partial charge in [0, 0.05) is 19.3 Å². The van der Waals surface area contributed by atoms with Gasteiger partial charge in [-0.25, -0.2) is 4.68 Å². The van der Waals surface area contributed by atoms with Crippen molar-refractivity contribution in [2.24, 2.45) is 5.73 Å². The first kappa shape index (κ1) is 17.7. The van der Waals surface area contributed by atoms with Crippen LogP contribution in [-0.2, 0) is 17.9 Å². The fourth-order valence-corrected chi connectivity index (χ4v) is 3.29. The molecule has 1 aromatic carbocycles. The van der Waals surface area contributed by atoms with E-state index < -0.39 is 0 Å². The van der Waals surface area contributed by atoms with Crippen LogP contribution in [0, 0.1) is 0 Å². The quantitative estimate of drug-likeness (QED) is 0.722. The molecule has 0 amide bonds. The molecule has 1 aliphatic heterocycles. The molecule has 1 aliphatic rings. The van der Waals surface area contributed by atoms with Crippen LogP contribution in [0.3, 0.4) is 0 Å². The molecule has 1 unspecified atom stereocenters. The highest BCUT2D eigenvalue weighted by Crippen LogP contribution is 2.28. The van der Waals surface area contributed by atoms with E-state index in [-0.39, 0.29) is 6.23 Å². The summed E-state index contributed by atoms with van der Waals surface area (Å²) in [5, 5.41) is 4.44. The molecule has 0 saturated carbocycles. The van der Waals surface area contributed by atoms with Crippen molar-refractivity contribution >= 4 is 0 Å². The van der Waals surface area contributed by atoms with Gasteiger partial charge in [-0.2, -0.15) is 5.10 Å². The summed E-state index contributed by atoms with van der Waals surface area (Å²) in [7, 11) is 0. The van der Waals surface area contributed by atoms with Gasteiger partial charge in [-0.1, -0.05) is 24.3 Å². The Morgan fingerprint density at radius 3 is 2.85 bits per heavy atom. The predicted molar refractivity (Wildman–Crippen MR) is 103 cm³/mol. The molecule has 4 rings (SSSR count). The maximum Gasteiger partial charge on any atom is 0.150 e. The molecule has 0 aliphatic carbocycles. The third-order valence-electron chi connectivity index (χ3n) is 4.73. The Balaban J connectivity index is 1.44. The molecule has 3 aromatic rings. The molecule has 1 fully saturated rings. The van der Waals surface area contributed by atoms with E-state index in [1.807, 2.05) is 41.1 Å². The van der Waals surface area contributed by atoms with Crippen molar-refractivity contribution in [2.45, 2.75) is 38.6 Å². The highest BCUT2D eigenvalue weighted by Gasteiger charge is 2.19. The van der Waals surface area contributed by atoms with Gasteiger partial charge in [-0.05, 0) is 48.6 Å². The van der Waals surface area contributed by atoms with Crippen LogP contribution in [0.25, 0.3) is 11.4 Å². The SMILES string of the molecule is NCc1cccc(COc2ccc(-c3ccnn3C3CCCCO3)nc2)c1. The lowest BCUT2D eigenvalue weighted by Gasteiger charge is -2.24. The summed E-state index contributed by atoms with van der Waals surface area (Å²) < 4.78 is 13.6. The first-order valence-electron chi connectivity index (χ1n) is 9.36. The molecule has 0 spiro atoms. The summed E-state index contributed by atoms with van der Waals surface area (Å²) >= 11 is 0. The molecule has 0 bridgehead atoms. The fourth-order valence-electron chi connectivity index (χ4n) is 3.29. The molecule has 27 heavy (non-hydrogen) atoms. The van der Waals surface area contributed by atoms with Gasteiger partial charge in [0.1, 0.15) is 12.4 Å². The Kier molecular flexibility index (Phi) is 5.46. The number of nitrogens with zero attached hydrogens (tertiary/aromatic N) is 3. The van der Waals surface area contributed by atoms with Crippen LogP contribution < -0.4 is 10.5 Å². The number of hydrogen-bond acceptors (Lipinski definition) is 5. The van der Waals surface area contributed by atoms with Crippen LogP contribution in [0.4, 0.5) is 0 Å². The minimum atomic E-state index is -0.00343. The second-order valence-corrected chi connectivity index (χ2v) is 6.67. The van der Waals surface area contributed by atoms with Crippen molar-refractivity contribution < 1.29 is 9.47 Å². The summed E-state index contributed by atoms with van der Waals surface area (Å²) in [6, 6.07) is 14.0. The van der Waals surface area contributed by atoms with E-state index in [9.17, 15) is 0 Å². The van der Waals surface area contributed by atoms with Crippen molar-refractivity contribution in [3.63, 3.8) is 0 Å². The zero-order chi connectivity index (χ0) is 18.5. The molecule has 1 saturated heterocycles. The van der Waals surface area contributed by atoms with E-state index in [1.54, 1.807) is 12.4 Å². The van der Waals surface area contributed by atoms with Gasteiger partial charge in [0.15, 0.2) is 6.23 Å². The predicted octanol–water partition coefficient (Wildman–Crippen LogP) is 3.68. The van der Waals surface area contributed by atoms with Gasteiger partial charge in [0.25, 0.3) is 0 Å². The number of ether oxygens (including phenoxy) is 2. The number of nitrogens with two attached hydrogens (primary N) is 1. The summed E-state index contributed by atoms with van der Waals surface area (Å²) in [5.41, 5.74) is 9.70. The number of aromatic nitrogens is 3. The first-order valence-corrected chi connectivity index (χ1v) is 9.36. The first-order chi connectivity index (χ1) is 13.3. The number of benzene rings is 1. The summed E-state index contributed by atoms with van der Waals surface area (Å²) in [6.45, 7) is 1.81. The Labute approximate surface area is 158 Å². The van der Waals surface area contributed by atoms with E-state index in [0.29, 0.717) is 13.2 Å². The third kappa shape index (κ3) is 4.18. The van der Waals surface area contributed by atoms with E-state index in [2.05, 4.69) is 16.1 Å². The van der Waals surface area contributed by atoms with Crippen LogP contribution in [0.15, 0.2) is 54.9 Å². The molecule has 6 nitrogen and oxygen atoms in total. The lowest BCUT2D eigenvalue weighted by Crippen LogP contribution is -2.20. The highest BCUT2D eigenvalue weighted by atomic mass is 16.5. The van der Waals surface area contributed by atoms with E-state index >= 15 is 0 Å². The van der Waals surface area contributed by atoms with Gasteiger partial charge in [0.2, 0.25) is 0 Å². The largest absolute Gasteiger partial charge is 0.487 e. The molecule has 1 atom stereocenters. The molecular weight excluding hydrogens is 340 g/mol. The lowest BCUT2D eigenvalue weighted by molar-refractivity contribution is -0.0384. The average molecular weight is 364 g/mol. The molecule has 140 valence electrons. The minimum Gasteiger partial charge on any atom is -0.487 e. The third-order valence-corrected chi connectivity index (χ3v) is 4.73. The van der Waals surface area contributed by atoms with Crippen LogP contribution in [0.2, 0.25) is 0 Å². The molecule has 2 aromatic heterocycles. The number of hydrogen-bond donors (Lipinski definition) is 1. The van der Waals surface area contributed by atoms with Crippen LogP contribution in [0.1, 0.15) is 36.6 Å². The van der Waals surface area contributed by atoms with Crippen molar-refractivity contribution in [2.75, 3.05) is 6.61 Å². The topological polar surface area (TPSA) is 75.2 Å². The van der Waals surface area contributed by atoms with Crippen molar-refractivity contribution in [3.8, 4) is 17.1 Å². The minimum absolute atomic E-state index is 0.00343. The normalized spacial score (nSPS) is 17.0. The smallest absolute Gasteiger partial charge is 0.150 e. The molecule has 0 radical (unpaired) electrons. The highest BCUT2D eigenvalue weighted by molar-refractivity contribution is 5.54. The second kappa shape index (κ2) is 8.33. The van der Waals surface area contributed by atoms with Gasteiger partial charge < -0.3 is 15.2 Å². The molecule has 3 heterocycles. The fraction of sp³-hybridized carbons (Fsp3) is 0.333. The summed E-state index contributed by atoms with van der Waals surface area (Å²) in [5.74, 6) is 0.733. The standard InChI is InChI=1S/C21H24N4O2/c22-13-16-4-3-5-17(12-16)15-27-18-7-8-19(23-14-18)20-9-10-24-25(20)21-6-1-2-11-26-21/h3-5,7-10,12,14,21H,1-2,6,11,13,15,22H2. The van der Waals surface area contributed by atoms with Gasteiger partial charge in [0.05, 0.1) is 17.6 Å². The molecular formula is C21H24N4O2. The number of pyridine rings is 1. The van der Waals surface area contributed by atoms with Gasteiger partial charge in [-0.3, -0.25) is 4.98 Å². The van der Waals surface area contributed by atoms with E-state index in [0.717, 1.165) is 54.1 Å². The van der Waals surface area contributed by atoms with Gasteiger partial charge >= 0.3 is 0 Å². The van der Waals surface area contributed by atoms with Crippen LogP contribution in [0.5, 0.6) is 5.75 Å². The van der Waals surface area contributed by atoms with Crippen LogP contribution in [-0.4, -0.2) is 21.4 Å². The molecule has 6 heteroatoms. The zero-order valence-electron chi connectivity index (χ0n) is 15.3. The number of rotatable bonds is 6. The Bertz CT molecular complexity index is 870. The maximum absolute atomic E-state index is 5.86. The Hall–Kier alpha value is -2.70. The second-order valence-electron chi connectivity index (χ2n) is 6.67. The summed E-state index contributed by atoms with van der Waals surface area (Å²) in [6.07, 6.45) is 6.81. The lowest BCUT2D eigenvalue weighted by atomic mass is 10.1. The Morgan fingerprint density at radius 2 is 2.07 bits per heavy atom. The zero-order valence-corrected chi connectivity index (χ0v) is 15.3. The monoisotopic (exact) mass is 364 g/mol.